The Hall–Kier alpha value is -3.35. The molecule has 7 heteroatoms. The monoisotopic (exact) mass is 327 g/mol. The molecule has 1 aromatic heterocycles. The van der Waals surface area contributed by atoms with Gasteiger partial charge in [0.05, 0.1) is 12.0 Å². The molecule has 24 heavy (non-hydrogen) atoms. The van der Waals surface area contributed by atoms with Gasteiger partial charge in [0, 0.05) is 24.1 Å². The molecule has 1 heterocycles. The van der Waals surface area contributed by atoms with Crippen LogP contribution in [0.1, 0.15) is 11.3 Å². The van der Waals surface area contributed by atoms with Crippen LogP contribution >= 0.6 is 0 Å². The van der Waals surface area contributed by atoms with Crippen LogP contribution in [0.5, 0.6) is 5.75 Å². The number of hydrogen-bond donors (Lipinski definition) is 0. The van der Waals surface area contributed by atoms with Crippen molar-refractivity contribution in [1.29, 1.82) is 0 Å². The highest BCUT2D eigenvalue weighted by molar-refractivity contribution is 5.60. The molecule has 3 aromatic rings. The van der Waals surface area contributed by atoms with Crippen LogP contribution < -0.4 is 10.6 Å². The van der Waals surface area contributed by atoms with Gasteiger partial charge in [0.15, 0.2) is 11.5 Å². The highest BCUT2D eigenvalue weighted by atomic mass is 16.6. The molecule has 0 aliphatic carbocycles. The molecule has 0 saturated heterocycles. The molecule has 0 aliphatic rings. The lowest BCUT2D eigenvalue weighted by Crippen LogP contribution is -1.93. The fraction of sp³-hybridized carbons (Fsp3) is 0.118. The van der Waals surface area contributed by atoms with Crippen molar-refractivity contribution in [3.63, 3.8) is 0 Å². The third-order valence-electron chi connectivity index (χ3n) is 3.48. The van der Waals surface area contributed by atoms with E-state index in [1.807, 2.05) is 0 Å². The standard InChI is InChI=1S/C17H13NO6/c1-22-14-7-5-12(6-8-14)16-15(23-17(19)24-16)10-11-3-2-4-13(9-11)18(20)21/h2-9H,10H2,1H3. The fourth-order valence-corrected chi connectivity index (χ4v) is 2.35. The maximum Gasteiger partial charge on any atom is 0.519 e. The molecule has 0 unspecified atom stereocenters. The summed E-state index contributed by atoms with van der Waals surface area (Å²) in [6.07, 6.45) is 0.203. The molecule has 0 saturated carbocycles. The van der Waals surface area contributed by atoms with Crippen LogP contribution in [-0.4, -0.2) is 12.0 Å². The van der Waals surface area contributed by atoms with Crippen molar-refractivity contribution < 1.29 is 18.5 Å². The molecule has 122 valence electrons. The van der Waals surface area contributed by atoms with E-state index in [2.05, 4.69) is 0 Å². The van der Waals surface area contributed by atoms with Crippen molar-refractivity contribution >= 4 is 5.69 Å². The van der Waals surface area contributed by atoms with Gasteiger partial charge in [-0.25, -0.2) is 4.79 Å². The first-order chi connectivity index (χ1) is 11.6. The first kappa shape index (κ1) is 15.5. The summed E-state index contributed by atoms with van der Waals surface area (Å²) in [7, 11) is 1.56. The Morgan fingerprint density at radius 2 is 1.88 bits per heavy atom. The molecule has 0 aliphatic heterocycles. The van der Waals surface area contributed by atoms with Gasteiger partial charge >= 0.3 is 5.82 Å². The molecular weight excluding hydrogens is 314 g/mol. The molecular formula is C17H13NO6. The minimum atomic E-state index is -0.818. The van der Waals surface area contributed by atoms with Gasteiger partial charge in [-0.3, -0.25) is 10.1 Å². The zero-order valence-electron chi connectivity index (χ0n) is 12.7. The van der Waals surface area contributed by atoms with Crippen molar-refractivity contribution in [1.82, 2.24) is 0 Å². The van der Waals surface area contributed by atoms with Gasteiger partial charge in [0.1, 0.15) is 5.75 Å². The molecule has 3 rings (SSSR count). The Labute approximate surface area is 136 Å². The lowest BCUT2D eigenvalue weighted by Gasteiger charge is -2.03. The van der Waals surface area contributed by atoms with E-state index in [1.54, 1.807) is 43.5 Å². The Balaban J connectivity index is 1.95. The van der Waals surface area contributed by atoms with Gasteiger partial charge in [-0.15, -0.1) is 0 Å². The maximum absolute atomic E-state index is 11.5. The summed E-state index contributed by atoms with van der Waals surface area (Å²) >= 11 is 0. The summed E-state index contributed by atoms with van der Waals surface area (Å²) in [5, 5.41) is 10.9. The zero-order valence-corrected chi connectivity index (χ0v) is 12.7. The van der Waals surface area contributed by atoms with Gasteiger partial charge in [0.2, 0.25) is 0 Å². The van der Waals surface area contributed by atoms with E-state index in [0.717, 1.165) is 0 Å². The lowest BCUT2D eigenvalue weighted by molar-refractivity contribution is -0.384. The van der Waals surface area contributed by atoms with Crippen molar-refractivity contribution in [3.8, 4) is 17.1 Å². The zero-order chi connectivity index (χ0) is 17.1. The van der Waals surface area contributed by atoms with Crippen molar-refractivity contribution in [2.45, 2.75) is 6.42 Å². The second kappa shape index (κ2) is 6.41. The molecule has 0 spiro atoms. The van der Waals surface area contributed by atoms with Crippen molar-refractivity contribution in [2.75, 3.05) is 7.11 Å². The molecule has 0 radical (unpaired) electrons. The number of ether oxygens (including phenoxy) is 1. The minimum absolute atomic E-state index is 0.0238. The third-order valence-corrected chi connectivity index (χ3v) is 3.48. The van der Waals surface area contributed by atoms with Crippen LogP contribution in [0.3, 0.4) is 0 Å². The Morgan fingerprint density at radius 1 is 1.12 bits per heavy atom. The summed E-state index contributed by atoms with van der Waals surface area (Å²) in [5.41, 5.74) is 1.27. The second-order valence-electron chi connectivity index (χ2n) is 5.04. The molecule has 0 fully saturated rings. The van der Waals surface area contributed by atoms with Gasteiger partial charge in [-0.1, -0.05) is 12.1 Å². The second-order valence-corrected chi connectivity index (χ2v) is 5.04. The number of non-ortho nitro benzene ring substituents is 1. The van der Waals surface area contributed by atoms with Gasteiger partial charge in [0.25, 0.3) is 5.69 Å². The summed E-state index contributed by atoms with van der Waals surface area (Å²) in [5.74, 6) is 0.464. The van der Waals surface area contributed by atoms with E-state index in [0.29, 0.717) is 28.4 Å². The highest BCUT2D eigenvalue weighted by Gasteiger charge is 2.17. The number of hydrogen-bond acceptors (Lipinski definition) is 6. The average molecular weight is 327 g/mol. The minimum Gasteiger partial charge on any atom is -0.497 e. The highest BCUT2D eigenvalue weighted by Crippen LogP contribution is 2.27. The molecule has 0 amide bonds. The molecule has 0 bridgehead atoms. The number of nitro groups is 1. The Morgan fingerprint density at radius 3 is 2.54 bits per heavy atom. The smallest absolute Gasteiger partial charge is 0.497 e. The largest absolute Gasteiger partial charge is 0.519 e. The molecule has 0 N–H and O–H groups in total. The number of nitrogens with zero attached hydrogens (tertiary/aromatic N) is 1. The van der Waals surface area contributed by atoms with Gasteiger partial charge < -0.3 is 13.6 Å². The molecule has 2 aromatic carbocycles. The first-order valence-corrected chi connectivity index (χ1v) is 7.07. The van der Waals surface area contributed by atoms with E-state index >= 15 is 0 Å². The van der Waals surface area contributed by atoms with E-state index in [4.69, 9.17) is 13.6 Å². The predicted octanol–water partition coefficient (Wildman–Crippen LogP) is 3.41. The Bertz CT molecular complexity index is 923. The van der Waals surface area contributed by atoms with Crippen LogP contribution in [0, 0.1) is 10.1 Å². The predicted molar refractivity (Wildman–Crippen MR) is 85.1 cm³/mol. The topological polar surface area (TPSA) is 95.7 Å². The van der Waals surface area contributed by atoms with Crippen LogP contribution in [0.4, 0.5) is 5.69 Å². The summed E-state index contributed by atoms with van der Waals surface area (Å²) in [4.78, 5) is 21.9. The number of methoxy groups -OCH3 is 1. The SMILES string of the molecule is COc1ccc(-c2oc(=O)oc2Cc2cccc([N+](=O)[O-])c2)cc1. The maximum atomic E-state index is 11.5. The van der Waals surface area contributed by atoms with Gasteiger partial charge in [-0.2, -0.15) is 0 Å². The van der Waals surface area contributed by atoms with Crippen molar-refractivity contribution in [2.24, 2.45) is 0 Å². The van der Waals surface area contributed by atoms with Crippen LogP contribution in [0.25, 0.3) is 11.3 Å². The Kier molecular flexibility index (Phi) is 4.15. The number of rotatable bonds is 5. The summed E-state index contributed by atoms with van der Waals surface area (Å²) in [6, 6.07) is 13.1. The average Bonchev–Trinajstić information content (AvgIpc) is 2.95. The van der Waals surface area contributed by atoms with E-state index < -0.39 is 10.7 Å². The van der Waals surface area contributed by atoms with Crippen LogP contribution in [0.15, 0.2) is 62.2 Å². The first-order valence-electron chi connectivity index (χ1n) is 7.07. The fourth-order valence-electron chi connectivity index (χ4n) is 2.35. The van der Waals surface area contributed by atoms with Crippen LogP contribution in [-0.2, 0) is 6.42 Å². The van der Waals surface area contributed by atoms with E-state index in [1.165, 1.54) is 12.1 Å². The van der Waals surface area contributed by atoms with Crippen molar-refractivity contribution in [3.05, 3.63) is 80.6 Å². The molecule has 0 atom stereocenters. The van der Waals surface area contributed by atoms with Gasteiger partial charge in [-0.05, 0) is 29.8 Å². The van der Waals surface area contributed by atoms with E-state index in [-0.39, 0.29) is 12.1 Å². The molecule has 7 nitrogen and oxygen atoms in total. The normalized spacial score (nSPS) is 10.5. The lowest BCUT2D eigenvalue weighted by atomic mass is 10.1. The summed E-state index contributed by atoms with van der Waals surface area (Å²) < 4.78 is 15.3. The van der Waals surface area contributed by atoms with E-state index in [9.17, 15) is 14.9 Å². The quantitative estimate of drug-likeness (QED) is 0.526. The van der Waals surface area contributed by atoms with Crippen LogP contribution in [0.2, 0.25) is 0 Å². The third kappa shape index (κ3) is 3.19. The number of nitro benzene ring substituents is 1. The summed E-state index contributed by atoms with van der Waals surface area (Å²) in [6.45, 7) is 0. The number of benzene rings is 2.